The Kier molecular flexibility index (Phi) is 4.93. The van der Waals surface area contributed by atoms with Crippen molar-refractivity contribution < 1.29 is 28.5 Å². The molecule has 0 unspecified atom stereocenters. The van der Waals surface area contributed by atoms with Gasteiger partial charge in [0.1, 0.15) is 13.2 Å². The molecule has 0 bridgehead atoms. The van der Waals surface area contributed by atoms with Crippen molar-refractivity contribution in [2.45, 2.75) is 20.8 Å². The molecule has 124 valence electrons. The first kappa shape index (κ1) is 16.9. The first-order valence-electron chi connectivity index (χ1n) is 7.23. The van der Waals surface area contributed by atoms with Crippen LogP contribution >= 0.6 is 0 Å². The Morgan fingerprint density at radius 1 is 1.17 bits per heavy atom. The van der Waals surface area contributed by atoms with E-state index < -0.39 is 17.4 Å². The maximum atomic E-state index is 11.7. The summed E-state index contributed by atoms with van der Waals surface area (Å²) in [5.74, 6) is 0.308. The molecular weight excluding hydrogens is 300 g/mol. The molecule has 1 aromatic rings. The molecule has 0 amide bonds. The zero-order valence-corrected chi connectivity index (χ0v) is 13.7. The summed E-state index contributed by atoms with van der Waals surface area (Å²) in [7, 11) is 1.53. The minimum atomic E-state index is -0.732. The quantitative estimate of drug-likeness (QED) is 0.484. The summed E-state index contributed by atoms with van der Waals surface area (Å²) in [4.78, 5) is 23.3. The fourth-order valence-corrected chi connectivity index (χ4v) is 1.83. The number of ether oxygens (including phenoxy) is 4. The van der Waals surface area contributed by atoms with Gasteiger partial charge in [-0.05, 0) is 44.5 Å². The molecule has 0 fully saturated rings. The molecule has 0 atom stereocenters. The third-order valence-corrected chi connectivity index (χ3v) is 3.07. The van der Waals surface area contributed by atoms with E-state index in [4.69, 9.17) is 18.9 Å². The Balaban J connectivity index is 2.13. The average molecular weight is 320 g/mol. The van der Waals surface area contributed by atoms with Crippen LogP contribution in [-0.2, 0) is 14.3 Å². The Bertz CT molecular complexity index is 622. The van der Waals surface area contributed by atoms with Gasteiger partial charge in [-0.25, -0.2) is 4.79 Å². The van der Waals surface area contributed by atoms with Crippen LogP contribution in [0.3, 0.4) is 0 Å². The number of fused-ring (bicyclic) bond motifs is 1. The molecule has 0 radical (unpaired) electrons. The summed E-state index contributed by atoms with van der Waals surface area (Å²) >= 11 is 0. The Labute approximate surface area is 135 Å². The van der Waals surface area contributed by atoms with Crippen molar-refractivity contribution in [3.63, 3.8) is 0 Å². The van der Waals surface area contributed by atoms with Crippen LogP contribution in [-0.4, -0.2) is 32.3 Å². The molecule has 0 aromatic heterocycles. The highest BCUT2D eigenvalue weighted by molar-refractivity contribution is 5.96. The van der Waals surface area contributed by atoms with Crippen LogP contribution in [0, 0.1) is 5.41 Å². The monoisotopic (exact) mass is 320 g/mol. The molecule has 0 spiro atoms. The number of rotatable bonds is 3. The van der Waals surface area contributed by atoms with Crippen molar-refractivity contribution in [2.75, 3.05) is 20.3 Å². The highest BCUT2D eigenvalue weighted by Gasteiger charge is 2.25. The number of hydrogen-bond donors (Lipinski definition) is 0. The van der Waals surface area contributed by atoms with Crippen LogP contribution < -0.4 is 14.2 Å². The molecule has 0 aliphatic carbocycles. The van der Waals surface area contributed by atoms with Gasteiger partial charge in [0.15, 0.2) is 11.5 Å². The van der Waals surface area contributed by atoms with Gasteiger partial charge in [-0.15, -0.1) is 0 Å². The average Bonchev–Trinajstić information content (AvgIpc) is 2.51. The first-order valence-corrected chi connectivity index (χ1v) is 7.23. The minimum absolute atomic E-state index is 0.450. The maximum Gasteiger partial charge on any atom is 0.338 e. The van der Waals surface area contributed by atoms with Crippen LogP contribution in [0.25, 0.3) is 6.08 Å². The Morgan fingerprint density at radius 2 is 1.87 bits per heavy atom. The predicted molar refractivity (Wildman–Crippen MR) is 83.6 cm³/mol. The highest BCUT2D eigenvalue weighted by Crippen LogP contribution is 2.40. The van der Waals surface area contributed by atoms with Crippen LogP contribution in [0.1, 0.15) is 26.3 Å². The SMILES string of the molecule is COc1cc(/C=C/C(=O)OC(=O)C(C)(C)C)cc2c1OCCO2. The fourth-order valence-electron chi connectivity index (χ4n) is 1.83. The first-order chi connectivity index (χ1) is 10.8. The molecule has 0 N–H and O–H groups in total. The van der Waals surface area contributed by atoms with E-state index in [-0.39, 0.29) is 0 Å². The van der Waals surface area contributed by atoms with E-state index in [2.05, 4.69) is 0 Å². The molecule has 6 nitrogen and oxygen atoms in total. The maximum absolute atomic E-state index is 11.7. The summed E-state index contributed by atoms with van der Waals surface area (Å²) in [5, 5.41) is 0. The van der Waals surface area contributed by atoms with Crippen LogP contribution in [0.15, 0.2) is 18.2 Å². The van der Waals surface area contributed by atoms with Crippen LogP contribution in [0.5, 0.6) is 17.2 Å². The van der Waals surface area contributed by atoms with E-state index in [1.54, 1.807) is 32.9 Å². The van der Waals surface area contributed by atoms with Crippen molar-refractivity contribution in [1.29, 1.82) is 0 Å². The lowest BCUT2D eigenvalue weighted by molar-refractivity contribution is -0.162. The second kappa shape index (κ2) is 6.73. The van der Waals surface area contributed by atoms with E-state index >= 15 is 0 Å². The second-order valence-electron chi connectivity index (χ2n) is 6.04. The molecular formula is C17H20O6. The van der Waals surface area contributed by atoms with Gasteiger partial charge in [-0.2, -0.15) is 0 Å². The molecule has 1 aromatic carbocycles. The standard InChI is InChI=1S/C17H20O6/c1-17(2,3)16(19)23-14(18)6-5-11-9-12(20-4)15-13(10-11)21-7-8-22-15/h5-6,9-10H,7-8H2,1-4H3/b6-5+. The van der Waals surface area contributed by atoms with E-state index in [0.29, 0.717) is 36.0 Å². The van der Waals surface area contributed by atoms with Gasteiger partial charge in [0.05, 0.1) is 12.5 Å². The number of carbonyl (C=O) groups is 2. The van der Waals surface area contributed by atoms with Gasteiger partial charge in [-0.3, -0.25) is 4.79 Å². The topological polar surface area (TPSA) is 71.1 Å². The largest absolute Gasteiger partial charge is 0.493 e. The van der Waals surface area contributed by atoms with Crippen molar-refractivity contribution in [2.24, 2.45) is 5.41 Å². The van der Waals surface area contributed by atoms with Crippen molar-refractivity contribution in [1.82, 2.24) is 0 Å². The summed E-state index contributed by atoms with van der Waals surface area (Å²) in [6.45, 7) is 5.94. The lowest BCUT2D eigenvalue weighted by Gasteiger charge is -2.20. The second-order valence-corrected chi connectivity index (χ2v) is 6.04. The smallest absolute Gasteiger partial charge is 0.338 e. The molecule has 2 rings (SSSR count). The number of benzene rings is 1. The van der Waals surface area contributed by atoms with Gasteiger partial charge in [0.25, 0.3) is 0 Å². The van der Waals surface area contributed by atoms with Crippen LogP contribution in [0.2, 0.25) is 0 Å². The highest BCUT2D eigenvalue weighted by atomic mass is 16.6. The Hall–Kier alpha value is -2.50. The van der Waals surface area contributed by atoms with Crippen molar-refractivity contribution in [3.05, 3.63) is 23.8 Å². The van der Waals surface area contributed by atoms with E-state index in [1.807, 2.05) is 0 Å². The molecule has 6 heteroatoms. The predicted octanol–water partition coefficient (Wildman–Crippen LogP) is 2.60. The zero-order chi connectivity index (χ0) is 17.0. The lowest BCUT2D eigenvalue weighted by Crippen LogP contribution is -2.25. The number of methoxy groups -OCH3 is 1. The lowest BCUT2D eigenvalue weighted by atomic mass is 9.97. The van der Waals surface area contributed by atoms with Crippen molar-refractivity contribution in [3.8, 4) is 17.2 Å². The number of hydrogen-bond acceptors (Lipinski definition) is 6. The van der Waals surface area contributed by atoms with E-state index in [1.165, 1.54) is 19.3 Å². The van der Waals surface area contributed by atoms with Gasteiger partial charge in [0.2, 0.25) is 5.75 Å². The van der Waals surface area contributed by atoms with Gasteiger partial charge < -0.3 is 18.9 Å². The molecule has 1 heterocycles. The molecule has 0 saturated carbocycles. The normalized spacial score (nSPS) is 13.7. The van der Waals surface area contributed by atoms with Crippen LogP contribution in [0.4, 0.5) is 0 Å². The minimum Gasteiger partial charge on any atom is -0.493 e. The molecule has 23 heavy (non-hydrogen) atoms. The zero-order valence-electron chi connectivity index (χ0n) is 13.7. The number of carbonyl (C=O) groups excluding carboxylic acids is 2. The number of esters is 2. The molecule has 0 saturated heterocycles. The summed E-state index contributed by atoms with van der Waals surface area (Å²) in [6.07, 6.45) is 2.72. The van der Waals surface area contributed by atoms with Gasteiger partial charge in [0, 0.05) is 6.08 Å². The van der Waals surface area contributed by atoms with Gasteiger partial charge in [-0.1, -0.05) is 0 Å². The fraction of sp³-hybridized carbons (Fsp3) is 0.412. The Morgan fingerprint density at radius 3 is 2.52 bits per heavy atom. The summed E-state index contributed by atoms with van der Waals surface area (Å²) < 4.78 is 21.0. The third-order valence-electron chi connectivity index (χ3n) is 3.07. The van der Waals surface area contributed by atoms with E-state index in [0.717, 1.165) is 0 Å². The third kappa shape index (κ3) is 4.25. The summed E-state index contributed by atoms with van der Waals surface area (Å²) in [6, 6.07) is 3.44. The molecule has 1 aliphatic heterocycles. The van der Waals surface area contributed by atoms with Gasteiger partial charge >= 0.3 is 11.9 Å². The van der Waals surface area contributed by atoms with Crippen molar-refractivity contribution >= 4 is 18.0 Å². The van der Waals surface area contributed by atoms with E-state index in [9.17, 15) is 9.59 Å². The summed E-state index contributed by atoms with van der Waals surface area (Å²) in [5.41, 5.74) is -0.0600. The molecule has 1 aliphatic rings.